The molecule has 0 aromatic carbocycles. The van der Waals surface area contributed by atoms with E-state index in [9.17, 15) is 0 Å². The molecule has 2 nitrogen and oxygen atoms in total. The SMILES string of the molecule is CCCN(C)c1cnccc1CCl. The van der Waals surface area contributed by atoms with Crippen molar-refractivity contribution in [3.8, 4) is 0 Å². The summed E-state index contributed by atoms with van der Waals surface area (Å²) in [6.45, 7) is 3.20. The van der Waals surface area contributed by atoms with E-state index in [-0.39, 0.29) is 0 Å². The van der Waals surface area contributed by atoms with Crippen LogP contribution in [0.25, 0.3) is 0 Å². The van der Waals surface area contributed by atoms with Gasteiger partial charge in [0, 0.05) is 25.7 Å². The molecular weight excluding hydrogens is 184 g/mol. The Morgan fingerprint density at radius 3 is 2.92 bits per heavy atom. The molecule has 3 heteroatoms. The summed E-state index contributed by atoms with van der Waals surface area (Å²) in [6.07, 6.45) is 4.78. The molecule has 1 aromatic heterocycles. The molecule has 0 unspecified atom stereocenters. The molecule has 13 heavy (non-hydrogen) atoms. The maximum Gasteiger partial charge on any atom is 0.0594 e. The Morgan fingerprint density at radius 2 is 2.31 bits per heavy atom. The molecule has 0 fully saturated rings. The lowest BCUT2D eigenvalue weighted by Crippen LogP contribution is -2.19. The third-order valence-corrected chi connectivity index (χ3v) is 2.29. The van der Waals surface area contributed by atoms with Gasteiger partial charge in [-0.05, 0) is 18.1 Å². The van der Waals surface area contributed by atoms with Crippen LogP contribution in [0, 0.1) is 0 Å². The second kappa shape index (κ2) is 5.07. The Morgan fingerprint density at radius 1 is 1.54 bits per heavy atom. The van der Waals surface area contributed by atoms with Crippen molar-refractivity contribution in [2.45, 2.75) is 19.2 Å². The predicted molar refractivity (Wildman–Crippen MR) is 57.4 cm³/mol. The molecule has 0 aliphatic carbocycles. The lowest BCUT2D eigenvalue weighted by molar-refractivity contribution is 0.845. The van der Waals surface area contributed by atoms with Crippen LogP contribution in [0.4, 0.5) is 5.69 Å². The fourth-order valence-electron chi connectivity index (χ4n) is 1.33. The summed E-state index contributed by atoms with van der Waals surface area (Å²) in [5, 5.41) is 0. The molecule has 1 aromatic rings. The molecule has 0 saturated carbocycles. The second-order valence-electron chi connectivity index (χ2n) is 3.06. The Hall–Kier alpha value is -0.760. The Labute approximate surface area is 84.5 Å². The van der Waals surface area contributed by atoms with Gasteiger partial charge in [0.1, 0.15) is 0 Å². The van der Waals surface area contributed by atoms with Gasteiger partial charge in [0.05, 0.1) is 11.9 Å². The maximum absolute atomic E-state index is 5.82. The van der Waals surface area contributed by atoms with Crippen LogP contribution < -0.4 is 4.90 Å². The Balaban J connectivity index is 2.85. The van der Waals surface area contributed by atoms with E-state index < -0.39 is 0 Å². The third-order valence-electron chi connectivity index (χ3n) is 2.00. The van der Waals surface area contributed by atoms with Crippen LogP contribution in [0.5, 0.6) is 0 Å². The lowest BCUT2D eigenvalue weighted by Gasteiger charge is -2.20. The van der Waals surface area contributed by atoms with Crippen LogP contribution in [0.15, 0.2) is 18.5 Å². The highest BCUT2D eigenvalue weighted by Crippen LogP contribution is 2.19. The molecule has 0 aliphatic rings. The molecule has 0 radical (unpaired) electrons. The minimum atomic E-state index is 0.548. The van der Waals surface area contributed by atoms with E-state index >= 15 is 0 Å². The Kier molecular flexibility index (Phi) is 4.03. The molecule has 1 rings (SSSR count). The van der Waals surface area contributed by atoms with Crippen molar-refractivity contribution in [3.05, 3.63) is 24.0 Å². The summed E-state index contributed by atoms with van der Waals surface area (Å²) in [5.41, 5.74) is 2.28. The molecule has 0 spiro atoms. The first kappa shape index (κ1) is 10.3. The highest BCUT2D eigenvalue weighted by Gasteiger charge is 2.04. The molecule has 0 aliphatic heterocycles. The van der Waals surface area contributed by atoms with E-state index in [0.29, 0.717) is 5.88 Å². The zero-order valence-electron chi connectivity index (χ0n) is 8.13. The molecular formula is C10H15ClN2. The monoisotopic (exact) mass is 198 g/mol. The maximum atomic E-state index is 5.82. The van der Waals surface area contributed by atoms with E-state index in [1.165, 1.54) is 0 Å². The number of rotatable bonds is 4. The summed E-state index contributed by atoms with van der Waals surface area (Å²) in [5.74, 6) is 0.548. The molecule has 72 valence electrons. The number of hydrogen-bond donors (Lipinski definition) is 0. The third kappa shape index (κ3) is 2.59. The van der Waals surface area contributed by atoms with Crippen LogP contribution in [0.2, 0.25) is 0 Å². The van der Waals surface area contributed by atoms with E-state index in [1.807, 2.05) is 12.3 Å². The average molecular weight is 199 g/mol. The Bertz CT molecular complexity index is 263. The quantitative estimate of drug-likeness (QED) is 0.692. The van der Waals surface area contributed by atoms with Crippen molar-refractivity contribution < 1.29 is 0 Å². The zero-order valence-corrected chi connectivity index (χ0v) is 8.88. The average Bonchev–Trinajstić information content (AvgIpc) is 2.18. The molecule has 0 atom stereocenters. The first-order valence-electron chi connectivity index (χ1n) is 4.49. The fraction of sp³-hybridized carbons (Fsp3) is 0.500. The molecule has 0 saturated heterocycles. The summed E-state index contributed by atoms with van der Waals surface area (Å²) in [4.78, 5) is 6.28. The second-order valence-corrected chi connectivity index (χ2v) is 3.33. The predicted octanol–water partition coefficient (Wildman–Crippen LogP) is 2.67. The fourth-order valence-corrected chi connectivity index (χ4v) is 1.55. The number of aromatic nitrogens is 1. The largest absolute Gasteiger partial charge is 0.373 e. The topological polar surface area (TPSA) is 16.1 Å². The van der Waals surface area contributed by atoms with Gasteiger partial charge < -0.3 is 4.90 Å². The standard InChI is InChI=1S/C10H15ClN2/c1-3-6-13(2)10-8-12-5-4-9(10)7-11/h4-5,8H,3,6-7H2,1-2H3. The van der Waals surface area contributed by atoms with Gasteiger partial charge in [0.2, 0.25) is 0 Å². The molecule has 0 bridgehead atoms. The van der Waals surface area contributed by atoms with Gasteiger partial charge in [-0.3, -0.25) is 4.98 Å². The highest BCUT2D eigenvalue weighted by molar-refractivity contribution is 6.17. The number of hydrogen-bond acceptors (Lipinski definition) is 2. The minimum absolute atomic E-state index is 0.548. The van der Waals surface area contributed by atoms with Gasteiger partial charge in [-0.15, -0.1) is 11.6 Å². The van der Waals surface area contributed by atoms with E-state index in [2.05, 4.69) is 23.9 Å². The van der Waals surface area contributed by atoms with Crippen LogP contribution in [-0.2, 0) is 5.88 Å². The van der Waals surface area contributed by atoms with Crippen LogP contribution in [0.3, 0.4) is 0 Å². The van der Waals surface area contributed by atoms with Crippen molar-refractivity contribution >= 4 is 17.3 Å². The molecule has 0 N–H and O–H groups in total. The van der Waals surface area contributed by atoms with Crippen LogP contribution in [0.1, 0.15) is 18.9 Å². The first-order chi connectivity index (χ1) is 6.29. The van der Waals surface area contributed by atoms with Crippen molar-refractivity contribution in [3.63, 3.8) is 0 Å². The normalized spacial score (nSPS) is 10.1. The lowest BCUT2D eigenvalue weighted by atomic mass is 10.2. The molecule has 1 heterocycles. The summed E-state index contributed by atoms with van der Waals surface area (Å²) >= 11 is 5.82. The number of nitrogens with zero attached hydrogens (tertiary/aromatic N) is 2. The van der Waals surface area contributed by atoms with Gasteiger partial charge in [-0.25, -0.2) is 0 Å². The van der Waals surface area contributed by atoms with Crippen molar-refractivity contribution in [1.29, 1.82) is 0 Å². The van der Waals surface area contributed by atoms with Gasteiger partial charge in [0.15, 0.2) is 0 Å². The van der Waals surface area contributed by atoms with E-state index in [4.69, 9.17) is 11.6 Å². The number of halogens is 1. The highest BCUT2D eigenvalue weighted by atomic mass is 35.5. The van der Waals surface area contributed by atoms with Crippen LogP contribution >= 0.6 is 11.6 Å². The van der Waals surface area contributed by atoms with Crippen molar-refractivity contribution in [1.82, 2.24) is 4.98 Å². The van der Waals surface area contributed by atoms with Gasteiger partial charge >= 0.3 is 0 Å². The first-order valence-corrected chi connectivity index (χ1v) is 5.03. The number of anilines is 1. The van der Waals surface area contributed by atoms with Crippen molar-refractivity contribution in [2.75, 3.05) is 18.5 Å². The number of pyridine rings is 1. The van der Waals surface area contributed by atoms with Crippen molar-refractivity contribution in [2.24, 2.45) is 0 Å². The zero-order chi connectivity index (χ0) is 9.68. The van der Waals surface area contributed by atoms with Gasteiger partial charge in [-0.2, -0.15) is 0 Å². The number of alkyl halides is 1. The minimum Gasteiger partial charge on any atom is -0.373 e. The summed E-state index contributed by atoms with van der Waals surface area (Å²) in [6, 6.07) is 1.97. The smallest absolute Gasteiger partial charge is 0.0594 e. The van der Waals surface area contributed by atoms with Gasteiger partial charge in [-0.1, -0.05) is 6.92 Å². The van der Waals surface area contributed by atoms with E-state index in [0.717, 1.165) is 24.2 Å². The summed E-state index contributed by atoms with van der Waals surface area (Å²) in [7, 11) is 2.07. The van der Waals surface area contributed by atoms with Crippen LogP contribution in [-0.4, -0.2) is 18.6 Å². The summed E-state index contributed by atoms with van der Waals surface area (Å²) < 4.78 is 0. The van der Waals surface area contributed by atoms with Gasteiger partial charge in [0.25, 0.3) is 0 Å². The van der Waals surface area contributed by atoms with E-state index in [1.54, 1.807) is 6.20 Å². The molecule has 0 amide bonds.